The van der Waals surface area contributed by atoms with E-state index in [0.29, 0.717) is 11.7 Å². The summed E-state index contributed by atoms with van der Waals surface area (Å²) in [5.41, 5.74) is 0.145. The zero-order valence-corrected chi connectivity index (χ0v) is 12.6. The number of likely N-dealkylation sites (N-methyl/N-ethyl adjacent to an activating group) is 1. The molecule has 6 nitrogen and oxygen atoms in total. The zero-order valence-electron chi connectivity index (χ0n) is 12.6. The van der Waals surface area contributed by atoms with Gasteiger partial charge in [-0.05, 0) is 31.8 Å². The molecule has 0 radical (unpaired) electrons. The number of nitrogens with one attached hydrogen (secondary N) is 1. The normalized spacial score (nSPS) is 31.4. The first-order valence-electron chi connectivity index (χ1n) is 7.43. The van der Waals surface area contributed by atoms with Crippen LogP contribution in [0.4, 0.5) is 0 Å². The van der Waals surface area contributed by atoms with Gasteiger partial charge < -0.3 is 19.5 Å². The molecule has 3 heterocycles. The molecule has 1 aromatic heterocycles. The predicted octanol–water partition coefficient (Wildman–Crippen LogP) is 1.52. The van der Waals surface area contributed by atoms with E-state index in [9.17, 15) is 0 Å². The third-order valence-electron chi connectivity index (χ3n) is 4.39. The van der Waals surface area contributed by atoms with E-state index >= 15 is 0 Å². The van der Waals surface area contributed by atoms with E-state index in [1.807, 2.05) is 0 Å². The Morgan fingerprint density at radius 3 is 3.00 bits per heavy atom. The van der Waals surface area contributed by atoms with Gasteiger partial charge in [0, 0.05) is 13.1 Å². The van der Waals surface area contributed by atoms with Gasteiger partial charge in [-0.1, -0.05) is 19.0 Å². The molecule has 1 aromatic rings. The minimum absolute atomic E-state index is 0.0713. The van der Waals surface area contributed by atoms with Gasteiger partial charge in [0.1, 0.15) is 6.10 Å². The molecule has 2 aliphatic rings. The number of ether oxygens (including phenoxy) is 1. The molecule has 0 bridgehead atoms. The second-order valence-electron chi connectivity index (χ2n) is 6.59. The average Bonchev–Trinajstić information content (AvgIpc) is 2.87. The molecule has 0 aliphatic carbocycles. The quantitative estimate of drug-likeness (QED) is 0.886. The van der Waals surface area contributed by atoms with Crippen LogP contribution in [0.3, 0.4) is 0 Å². The monoisotopic (exact) mass is 280 g/mol. The van der Waals surface area contributed by atoms with E-state index in [1.54, 1.807) is 0 Å². The number of rotatable bonds is 2. The van der Waals surface area contributed by atoms with Crippen molar-refractivity contribution in [2.24, 2.45) is 5.41 Å². The smallest absolute Gasteiger partial charge is 0.244 e. The molecule has 0 spiro atoms. The van der Waals surface area contributed by atoms with Gasteiger partial charge >= 0.3 is 0 Å². The minimum Gasteiger partial charge on any atom is -0.367 e. The Morgan fingerprint density at radius 2 is 2.25 bits per heavy atom. The van der Waals surface area contributed by atoms with Crippen molar-refractivity contribution in [3.8, 4) is 0 Å². The number of hydrogen-bond donors (Lipinski definition) is 1. The molecule has 6 heteroatoms. The van der Waals surface area contributed by atoms with Gasteiger partial charge in [0.25, 0.3) is 0 Å². The lowest BCUT2D eigenvalue weighted by Gasteiger charge is -2.36. The Kier molecular flexibility index (Phi) is 3.79. The first-order chi connectivity index (χ1) is 9.56. The molecule has 0 saturated carbocycles. The fourth-order valence-corrected chi connectivity index (χ4v) is 3.06. The molecule has 1 N–H and O–H groups in total. The van der Waals surface area contributed by atoms with Gasteiger partial charge in [0.2, 0.25) is 11.7 Å². The van der Waals surface area contributed by atoms with Crippen LogP contribution < -0.4 is 5.32 Å². The summed E-state index contributed by atoms with van der Waals surface area (Å²) in [5.74, 6) is 1.37. The second kappa shape index (κ2) is 5.42. The largest absolute Gasteiger partial charge is 0.367 e. The van der Waals surface area contributed by atoms with Crippen molar-refractivity contribution in [3.05, 3.63) is 11.7 Å². The van der Waals surface area contributed by atoms with Gasteiger partial charge in [0.05, 0.1) is 12.6 Å². The maximum absolute atomic E-state index is 5.74. The van der Waals surface area contributed by atoms with Crippen LogP contribution in [0.25, 0.3) is 0 Å². The lowest BCUT2D eigenvalue weighted by atomic mass is 9.77. The zero-order chi connectivity index (χ0) is 14.2. The topological polar surface area (TPSA) is 63.4 Å². The molecule has 3 rings (SSSR count). The highest BCUT2D eigenvalue weighted by Gasteiger charge is 2.37. The third kappa shape index (κ3) is 2.73. The maximum atomic E-state index is 5.74. The predicted molar refractivity (Wildman–Crippen MR) is 74.2 cm³/mol. The van der Waals surface area contributed by atoms with Crippen molar-refractivity contribution < 1.29 is 9.26 Å². The first-order valence-corrected chi connectivity index (χ1v) is 7.43. The van der Waals surface area contributed by atoms with Crippen molar-refractivity contribution in [2.45, 2.75) is 38.8 Å². The SMILES string of the molecule is CN1CCOC(c2noc(C3NCCCC3(C)C)n2)C1. The van der Waals surface area contributed by atoms with Crippen LogP contribution in [0.5, 0.6) is 0 Å². The molecule has 112 valence electrons. The Bertz CT molecular complexity index is 460. The van der Waals surface area contributed by atoms with Crippen LogP contribution in [0, 0.1) is 5.41 Å². The Labute approximate surface area is 119 Å². The van der Waals surface area contributed by atoms with E-state index in [2.05, 4.69) is 41.3 Å². The number of piperidine rings is 1. The summed E-state index contributed by atoms with van der Waals surface area (Å²) in [6.07, 6.45) is 2.30. The highest BCUT2D eigenvalue weighted by molar-refractivity contribution is 5.03. The molecule has 0 aromatic carbocycles. The van der Waals surface area contributed by atoms with Crippen molar-refractivity contribution >= 4 is 0 Å². The van der Waals surface area contributed by atoms with E-state index in [-0.39, 0.29) is 17.6 Å². The van der Waals surface area contributed by atoms with Crippen LogP contribution in [0.2, 0.25) is 0 Å². The Balaban J connectivity index is 1.76. The van der Waals surface area contributed by atoms with E-state index < -0.39 is 0 Å². The molecule has 2 unspecified atom stereocenters. The third-order valence-corrected chi connectivity index (χ3v) is 4.39. The van der Waals surface area contributed by atoms with Crippen molar-refractivity contribution in [2.75, 3.05) is 33.3 Å². The minimum atomic E-state index is -0.0713. The standard InChI is InChI=1S/C14H24N4O2/c1-14(2)5-4-6-15-11(14)13-16-12(17-20-13)10-9-18(3)7-8-19-10/h10-11,15H,4-9H2,1-3H3. The first kappa shape index (κ1) is 14.0. The van der Waals surface area contributed by atoms with Crippen LogP contribution in [-0.2, 0) is 4.74 Å². The fourth-order valence-electron chi connectivity index (χ4n) is 3.06. The highest BCUT2D eigenvalue weighted by atomic mass is 16.5. The second-order valence-corrected chi connectivity index (χ2v) is 6.59. The number of aromatic nitrogens is 2. The summed E-state index contributed by atoms with van der Waals surface area (Å²) in [4.78, 5) is 6.82. The van der Waals surface area contributed by atoms with Crippen LogP contribution >= 0.6 is 0 Å². The highest BCUT2D eigenvalue weighted by Crippen LogP contribution is 2.39. The molecular weight excluding hydrogens is 256 g/mol. The van der Waals surface area contributed by atoms with Crippen molar-refractivity contribution in [1.82, 2.24) is 20.4 Å². The Hall–Kier alpha value is -0.980. The molecule has 2 aliphatic heterocycles. The molecule has 2 fully saturated rings. The maximum Gasteiger partial charge on any atom is 0.244 e. The summed E-state index contributed by atoms with van der Waals surface area (Å²) < 4.78 is 11.2. The van der Waals surface area contributed by atoms with E-state index in [4.69, 9.17) is 9.26 Å². The van der Waals surface area contributed by atoms with Crippen molar-refractivity contribution in [1.29, 1.82) is 0 Å². The Morgan fingerprint density at radius 1 is 1.40 bits per heavy atom. The van der Waals surface area contributed by atoms with Gasteiger partial charge in [-0.15, -0.1) is 0 Å². The average molecular weight is 280 g/mol. The molecule has 2 atom stereocenters. The van der Waals surface area contributed by atoms with Crippen LogP contribution in [0.15, 0.2) is 4.52 Å². The molecular formula is C14H24N4O2. The molecule has 2 saturated heterocycles. The summed E-state index contributed by atoms with van der Waals surface area (Å²) in [6.45, 7) is 8.00. The van der Waals surface area contributed by atoms with E-state index in [1.165, 1.54) is 12.8 Å². The van der Waals surface area contributed by atoms with Gasteiger partial charge in [-0.2, -0.15) is 4.98 Å². The lowest BCUT2D eigenvalue weighted by Crippen LogP contribution is -2.40. The summed E-state index contributed by atoms with van der Waals surface area (Å²) in [7, 11) is 2.09. The van der Waals surface area contributed by atoms with Crippen molar-refractivity contribution in [3.63, 3.8) is 0 Å². The number of nitrogens with zero attached hydrogens (tertiary/aromatic N) is 3. The number of hydrogen-bond acceptors (Lipinski definition) is 6. The van der Waals surface area contributed by atoms with E-state index in [0.717, 1.165) is 26.2 Å². The molecule has 0 amide bonds. The van der Waals surface area contributed by atoms with Crippen LogP contribution in [-0.4, -0.2) is 48.3 Å². The van der Waals surface area contributed by atoms with Gasteiger partial charge in [-0.3, -0.25) is 0 Å². The molecule has 20 heavy (non-hydrogen) atoms. The summed E-state index contributed by atoms with van der Waals surface area (Å²) in [6, 6.07) is 0.138. The van der Waals surface area contributed by atoms with Crippen LogP contribution in [0.1, 0.15) is 50.6 Å². The summed E-state index contributed by atoms with van der Waals surface area (Å²) >= 11 is 0. The van der Waals surface area contributed by atoms with Gasteiger partial charge in [-0.25, -0.2) is 0 Å². The number of morpholine rings is 1. The lowest BCUT2D eigenvalue weighted by molar-refractivity contribution is -0.0264. The summed E-state index contributed by atoms with van der Waals surface area (Å²) in [5, 5.41) is 7.64. The fraction of sp³-hybridized carbons (Fsp3) is 0.857. The van der Waals surface area contributed by atoms with Gasteiger partial charge in [0.15, 0.2) is 0 Å².